The number of pyridine rings is 1. The van der Waals surface area contributed by atoms with E-state index >= 15 is 0 Å². The van der Waals surface area contributed by atoms with E-state index in [4.69, 9.17) is 0 Å². The average Bonchev–Trinajstić information content (AvgIpc) is 2.75. The Morgan fingerprint density at radius 2 is 1.21 bits per heavy atom. The molecule has 0 saturated carbocycles. The largest absolute Gasteiger partial charge is 0.345 e. The van der Waals surface area contributed by atoms with Crippen molar-refractivity contribution in [2.45, 2.75) is 25.9 Å². The number of nitrogens with one attached hydrogen (secondary N) is 2. The third-order valence-corrected chi connectivity index (χ3v) is 4.55. The van der Waals surface area contributed by atoms with E-state index in [1.54, 1.807) is 12.1 Å². The van der Waals surface area contributed by atoms with Gasteiger partial charge in [0.15, 0.2) is 0 Å². The molecule has 0 fully saturated rings. The van der Waals surface area contributed by atoms with Crippen molar-refractivity contribution in [3.63, 3.8) is 0 Å². The third-order valence-electron chi connectivity index (χ3n) is 4.55. The molecule has 2 N–H and O–H groups in total. The molecule has 5 heteroatoms. The maximum atomic E-state index is 12.4. The molecule has 142 valence electrons. The summed E-state index contributed by atoms with van der Waals surface area (Å²) in [5.74, 6) is -0.505. The lowest BCUT2D eigenvalue weighted by atomic mass is 10.1. The lowest BCUT2D eigenvalue weighted by Crippen LogP contribution is -2.28. The Labute approximate surface area is 164 Å². The van der Waals surface area contributed by atoms with Crippen molar-refractivity contribution < 1.29 is 9.59 Å². The zero-order chi connectivity index (χ0) is 19.9. The minimum absolute atomic E-state index is 0.122. The van der Waals surface area contributed by atoms with E-state index in [0.717, 1.165) is 11.1 Å². The number of hydrogen-bond donors (Lipinski definition) is 2. The van der Waals surface area contributed by atoms with Gasteiger partial charge in [0.05, 0.1) is 17.6 Å². The number of rotatable bonds is 6. The van der Waals surface area contributed by atoms with E-state index in [-0.39, 0.29) is 29.6 Å². The maximum Gasteiger partial charge on any atom is 0.270 e. The molecular weight excluding hydrogens is 350 g/mol. The summed E-state index contributed by atoms with van der Waals surface area (Å²) in [5, 5.41) is 5.85. The monoisotopic (exact) mass is 373 g/mol. The molecule has 0 spiro atoms. The SMILES string of the molecule is C[C@@H](NC(=O)c1ccc(C(=O)N[C@H](C)c2ccccc2)nc1)c1ccccc1. The van der Waals surface area contributed by atoms with Crippen LogP contribution in [0.3, 0.4) is 0 Å². The molecule has 2 atom stereocenters. The highest BCUT2D eigenvalue weighted by molar-refractivity contribution is 5.96. The number of carbonyl (C=O) groups is 2. The smallest absolute Gasteiger partial charge is 0.270 e. The van der Waals surface area contributed by atoms with Crippen molar-refractivity contribution in [3.05, 3.63) is 101 Å². The van der Waals surface area contributed by atoms with Crippen molar-refractivity contribution in [2.75, 3.05) is 0 Å². The number of carbonyl (C=O) groups excluding carboxylic acids is 2. The van der Waals surface area contributed by atoms with Crippen LogP contribution >= 0.6 is 0 Å². The van der Waals surface area contributed by atoms with Crippen LogP contribution in [-0.2, 0) is 0 Å². The topological polar surface area (TPSA) is 71.1 Å². The third kappa shape index (κ3) is 4.82. The standard InChI is InChI=1S/C23H23N3O2/c1-16(18-9-5-3-6-10-18)25-22(27)20-13-14-21(24-15-20)23(28)26-17(2)19-11-7-4-8-12-19/h3-17H,1-2H3,(H,25,27)(H,26,28)/t16-,17-/m1/s1. The average molecular weight is 373 g/mol. The van der Waals surface area contributed by atoms with Crippen molar-refractivity contribution in [2.24, 2.45) is 0 Å². The van der Waals surface area contributed by atoms with Crippen molar-refractivity contribution in [1.29, 1.82) is 0 Å². The fourth-order valence-electron chi connectivity index (χ4n) is 2.86. The molecule has 0 aliphatic rings. The molecule has 5 nitrogen and oxygen atoms in total. The summed E-state index contributed by atoms with van der Waals surface area (Å²) >= 11 is 0. The van der Waals surface area contributed by atoms with Gasteiger partial charge >= 0.3 is 0 Å². The quantitative estimate of drug-likeness (QED) is 0.684. The Hall–Kier alpha value is -3.47. The van der Waals surface area contributed by atoms with Crippen LogP contribution in [0.5, 0.6) is 0 Å². The molecule has 28 heavy (non-hydrogen) atoms. The molecule has 1 heterocycles. The first-order valence-corrected chi connectivity index (χ1v) is 9.22. The molecule has 0 radical (unpaired) electrons. The predicted octanol–water partition coefficient (Wildman–Crippen LogP) is 4.06. The number of benzene rings is 2. The van der Waals surface area contributed by atoms with Crippen LogP contribution in [0.25, 0.3) is 0 Å². The Morgan fingerprint density at radius 3 is 1.68 bits per heavy atom. The Bertz CT molecular complexity index is 847. The van der Waals surface area contributed by atoms with Gasteiger partial charge in [0.2, 0.25) is 0 Å². The number of aromatic nitrogens is 1. The van der Waals surface area contributed by atoms with Gasteiger partial charge in [-0.3, -0.25) is 14.6 Å². The van der Waals surface area contributed by atoms with Gasteiger partial charge in [-0.2, -0.15) is 0 Å². The Morgan fingerprint density at radius 1 is 0.714 bits per heavy atom. The summed E-state index contributed by atoms with van der Waals surface area (Å²) in [6.45, 7) is 3.84. The molecule has 2 aromatic carbocycles. The van der Waals surface area contributed by atoms with Gasteiger partial charge in [-0.25, -0.2) is 0 Å². The van der Waals surface area contributed by atoms with E-state index < -0.39 is 0 Å². The molecule has 0 aliphatic heterocycles. The van der Waals surface area contributed by atoms with Crippen LogP contribution < -0.4 is 10.6 Å². The Balaban J connectivity index is 1.61. The summed E-state index contributed by atoms with van der Waals surface area (Å²) in [4.78, 5) is 29.0. The molecule has 0 aliphatic carbocycles. The van der Waals surface area contributed by atoms with Gasteiger partial charge in [0, 0.05) is 6.20 Å². The molecule has 3 aromatic rings. The van der Waals surface area contributed by atoms with E-state index in [9.17, 15) is 9.59 Å². The molecule has 2 amide bonds. The summed E-state index contributed by atoms with van der Waals surface area (Å²) in [7, 11) is 0. The number of amides is 2. The van der Waals surface area contributed by atoms with E-state index in [0.29, 0.717) is 5.56 Å². The van der Waals surface area contributed by atoms with E-state index in [2.05, 4.69) is 15.6 Å². The van der Waals surface area contributed by atoms with Gasteiger partial charge in [0.25, 0.3) is 11.8 Å². The first kappa shape index (κ1) is 19.3. The van der Waals surface area contributed by atoms with E-state index in [1.807, 2.05) is 74.5 Å². The minimum atomic E-state index is -0.277. The summed E-state index contributed by atoms with van der Waals surface area (Å²) < 4.78 is 0. The zero-order valence-electron chi connectivity index (χ0n) is 15.9. The first-order chi connectivity index (χ1) is 13.5. The lowest BCUT2D eigenvalue weighted by Gasteiger charge is -2.15. The van der Waals surface area contributed by atoms with Crippen LogP contribution in [0.15, 0.2) is 79.0 Å². The second-order valence-corrected chi connectivity index (χ2v) is 6.64. The second-order valence-electron chi connectivity index (χ2n) is 6.64. The van der Waals surface area contributed by atoms with Gasteiger partial charge in [-0.05, 0) is 37.1 Å². The summed E-state index contributed by atoms with van der Waals surface area (Å²) in [6, 6.07) is 22.4. The van der Waals surface area contributed by atoms with E-state index in [1.165, 1.54) is 6.20 Å². The summed E-state index contributed by atoms with van der Waals surface area (Å²) in [5.41, 5.74) is 2.72. The zero-order valence-corrected chi connectivity index (χ0v) is 15.9. The Kier molecular flexibility index (Phi) is 6.17. The fourth-order valence-corrected chi connectivity index (χ4v) is 2.86. The highest BCUT2D eigenvalue weighted by atomic mass is 16.2. The van der Waals surface area contributed by atoms with Gasteiger partial charge in [-0.15, -0.1) is 0 Å². The van der Waals surface area contributed by atoms with Gasteiger partial charge in [-0.1, -0.05) is 60.7 Å². The minimum Gasteiger partial charge on any atom is -0.345 e. The number of nitrogens with zero attached hydrogens (tertiary/aromatic N) is 1. The van der Waals surface area contributed by atoms with Crippen LogP contribution in [0.4, 0.5) is 0 Å². The van der Waals surface area contributed by atoms with Crippen molar-refractivity contribution in [1.82, 2.24) is 15.6 Å². The maximum absolute atomic E-state index is 12.4. The predicted molar refractivity (Wildman–Crippen MR) is 109 cm³/mol. The molecule has 0 unspecified atom stereocenters. The molecule has 3 rings (SSSR count). The number of hydrogen-bond acceptors (Lipinski definition) is 3. The van der Waals surface area contributed by atoms with Gasteiger partial charge in [0.1, 0.15) is 5.69 Å². The highest BCUT2D eigenvalue weighted by Gasteiger charge is 2.15. The van der Waals surface area contributed by atoms with Crippen molar-refractivity contribution >= 4 is 11.8 Å². The molecule has 1 aromatic heterocycles. The normalized spacial score (nSPS) is 12.6. The molecule has 0 bridgehead atoms. The second kappa shape index (κ2) is 8.95. The lowest BCUT2D eigenvalue weighted by molar-refractivity contribution is 0.0923. The van der Waals surface area contributed by atoms with Crippen molar-refractivity contribution in [3.8, 4) is 0 Å². The van der Waals surface area contributed by atoms with Crippen LogP contribution in [0, 0.1) is 0 Å². The molecular formula is C23H23N3O2. The summed E-state index contributed by atoms with van der Waals surface area (Å²) in [6.07, 6.45) is 1.43. The fraction of sp³-hybridized carbons (Fsp3) is 0.174. The van der Waals surface area contributed by atoms with Crippen LogP contribution in [0.2, 0.25) is 0 Å². The first-order valence-electron chi connectivity index (χ1n) is 9.22. The molecule has 0 saturated heterocycles. The van der Waals surface area contributed by atoms with Crippen LogP contribution in [0.1, 0.15) is 57.9 Å². The van der Waals surface area contributed by atoms with Crippen LogP contribution in [-0.4, -0.2) is 16.8 Å². The van der Waals surface area contributed by atoms with Gasteiger partial charge < -0.3 is 10.6 Å². The highest BCUT2D eigenvalue weighted by Crippen LogP contribution is 2.14.